The van der Waals surface area contributed by atoms with Crippen LogP contribution < -0.4 is 5.32 Å². The van der Waals surface area contributed by atoms with Gasteiger partial charge in [-0.25, -0.2) is 4.79 Å². The molecule has 1 amide bonds. The number of hydrogen-bond acceptors (Lipinski definition) is 4. The van der Waals surface area contributed by atoms with Crippen molar-refractivity contribution in [3.05, 3.63) is 12.3 Å². The van der Waals surface area contributed by atoms with Crippen molar-refractivity contribution in [2.24, 2.45) is 0 Å². The summed E-state index contributed by atoms with van der Waals surface area (Å²) in [5.74, 6) is 0. The molecule has 3 unspecified atom stereocenters. The van der Waals surface area contributed by atoms with Gasteiger partial charge in [-0.1, -0.05) is 11.8 Å². The largest absolute Gasteiger partial charge is 0.486 e. The normalized spacial score (nSPS) is 34.8. The zero-order valence-corrected chi connectivity index (χ0v) is 8.53. The van der Waals surface area contributed by atoms with E-state index in [1.54, 1.807) is 13.3 Å². The molecule has 6 heteroatoms. The zero-order valence-electron chi connectivity index (χ0n) is 7.71. The minimum Gasteiger partial charge on any atom is -0.486 e. The first-order valence-electron chi connectivity index (χ1n) is 4.36. The molecule has 2 heterocycles. The molecule has 5 nitrogen and oxygen atoms in total. The number of thioether (sulfide) groups is 1. The number of amides is 1. The van der Waals surface area contributed by atoms with Gasteiger partial charge < -0.3 is 9.84 Å². The van der Waals surface area contributed by atoms with E-state index < -0.39 is 6.09 Å². The van der Waals surface area contributed by atoms with E-state index >= 15 is 0 Å². The predicted molar refractivity (Wildman–Crippen MR) is 52.7 cm³/mol. The van der Waals surface area contributed by atoms with Crippen molar-refractivity contribution in [2.75, 3.05) is 7.05 Å². The smallest absolute Gasteiger partial charge is 0.408 e. The molecule has 0 spiro atoms. The molecule has 2 N–H and O–H groups in total. The highest BCUT2D eigenvalue weighted by Crippen LogP contribution is 2.33. The van der Waals surface area contributed by atoms with Crippen LogP contribution in [-0.4, -0.2) is 40.1 Å². The van der Waals surface area contributed by atoms with E-state index in [2.05, 4.69) is 5.32 Å². The van der Waals surface area contributed by atoms with Crippen LogP contribution in [0.15, 0.2) is 12.3 Å². The van der Waals surface area contributed by atoms with Crippen LogP contribution >= 0.6 is 11.8 Å². The van der Waals surface area contributed by atoms with Crippen molar-refractivity contribution in [1.82, 2.24) is 10.2 Å². The van der Waals surface area contributed by atoms with Gasteiger partial charge in [0.25, 0.3) is 0 Å². The fourth-order valence-electron chi connectivity index (χ4n) is 1.47. The summed E-state index contributed by atoms with van der Waals surface area (Å²) in [5.41, 5.74) is -0.172. The van der Waals surface area contributed by atoms with Crippen molar-refractivity contribution < 1.29 is 14.6 Å². The Morgan fingerprint density at radius 3 is 3.21 bits per heavy atom. The third-order valence-corrected chi connectivity index (χ3v) is 3.72. The fraction of sp³-hybridized carbons (Fsp3) is 0.625. The summed E-state index contributed by atoms with van der Waals surface area (Å²) in [6, 6.07) is 0.219. The lowest BCUT2D eigenvalue weighted by Crippen LogP contribution is -2.44. The van der Waals surface area contributed by atoms with Gasteiger partial charge in [-0.05, 0) is 12.5 Å². The number of carboxylic acid groups (broad SMARTS) is 1. The molecule has 0 aromatic rings. The first-order valence-corrected chi connectivity index (χ1v) is 5.30. The molecule has 2 rings (SSSR count). The van der Waals surface area contributed by atoms with Crippen LogP contribution in [-0.2, 0) is 4.74 Å². The Balaban J connectivity index is 1.98. The molecule has 1 fully saturated rings. The molecule has 2 aliphatic rings. The summed E-state index contributed by atoms with van der Waals surface area (Å²) in [4.78, 5) is 12.0. The molecule has 3 atom stereocenters. The van der Waals surface area contributed by atoms with Gasteiger partial charge in [0.1, 0.15) is 5.50 Å². The lowest BCUT2D eigenvalue weighted by molar-refractivity contribution is 0.140. The second kappa shape index (κ2) is 3.70. The highest BCUT2D eigenvalue weighted by atomic mass is 32.2. The monoisotopic (exact) mass is 216 g/mol. The Kier molecular flexibility index (Phi) is 2.56. The van der Waals surface area contributed by atoms with Crippen molar-refractivity contribution in [3.8, 4) is 0 Å². The van der Waals surface area contributed by atoms with Gasteiger partial charge in [0, 0.05) is 7.05 Å². The van der Waals surface area contributed by atoms with Crippen molar-refractivity contribution in [2.45, 2.75) is 23.4 Å². The van der Waals surface area contributed by atoms with Crippen LogP contribution in [0.4, 0.5) is 4.79 Å². The van der Waals surface area contributed by atoms with E-state index in [0.717, 1.165) is 6.42 Å². The molecule has 78 valence electrons. The van der Waals surface area contributed by atoms with Crippen LogP contribution in [0.2, 0.25) is 0 Å². The zero-order chi connectivity index (χ0) is 10.1. The van der Waals surface area contributed by atoms with Gasteiger partial charge in [-0.15, -0.1) is 0 Å². The molecule has 0 aromatic heterocycles. The van der Waals surface area contributed by atoms with Crippen LogP contribution in [0.1, 0.15) is 6.42 Å². The van der Waals surface area contributed by atoms with E-state index in [1.807, 2.05) is 6.08 Å². The SMILES string of the molecule is CN(C(=O)O)C1NC2CC=COC2S1. The molecule has 14 heavy (non-hydrogen) atoms. The van der Waals surface area contributed by atoms with Gasteiger partial charge in [-0.2, -0.15) is 0 Å². The molecular formula is C8H12N2O3S. The second-order valence-electron chi connectivity index (χ2n) is 3.27. The Hall–Kier alpha value is -0.880. The summed E-state index contributed by atoms with van der Waals surface area (Å²) in [7, 11) is 1.55. The van der Waals surface area contributed by atoms with Crippen LogP contribution in [0.5, 0.6) is 0 Å². The number of nitrogens with one attached hydrogen (secondary N) is 1. The topological polar surface area (TPSA) is 61.8 Å². The quantitative estimate of drug-likeness (QED) is 0.680. The summed E-state index contributed by atoms with van der Waals surface area (Å²) in [6.45, 7) is 0. The van der Waals surface area contributed by atoms with E-state index in [4.69, 9.17) is 9.84 Å². The van der Waals surface area contributed by atoms with E-state index in [-0.39, 0.29) is 17.0 Å². The average molecular weight is 216 g/mol. The Morgan fingerprint density at radius 1 is 1.79 bits per heavy atom. The standard InChI is InChI=1S/C8H12N2O3S/c1-10(8(11)12)7-9-5-3-2-4-13-6(5)14-7/h2,4-7,9H,3H2,1H3,(H,11,12). The van der Waals surface area contributed by atoms with Gasteiger partial charge >= 0.3 is 6.09 Å². The van der Waals surface area contributed by atoms with Crippen LogP contribution in [0, 0.1) is 0 Å². The highest BCUT2D eigenvalue weighted by molar-refractivity contribution is 8.00. The third-order valence-electron chi connectivity index (χ3n) is 2.30. The molecule has 1 saturated heterocycles. The Morgan fingerprint density at radius 2 is 2.57 bits per heavy atom. The molecule has 0 aromatic carbocycles. The molecule has 0 radical (unpaired) electrons. The van der Waals surface area contributed by atoms with Crippen molar-refractivity contribution in [1.29, 1.82) is 0 Å². The average Bonchev–Trinajstić information content (AvgIpc) is 2.59. The summed E-state index contributed by atoms with van der Waals surface area (Å²) in [5, 5.41) is 12.0. The second-order valence-corrected chi connectivity index (χ2v) is 4.45. The number of rotatable bonds is 1. The lowest BCUT2D eigenvalue weighted by Gasteiger charge is -2.20. The first-order chi connectivity index (χ1) is 6.68. The third kappa shape index (κ3) is 1.67. The van der Waals surface area contributed by atoms with Gasteiger partial charge in [0.2, 0.25) is 0 Å². The molecular weight excluding hydrogens is 204 g/mol. The van der Waals surface area contributed by atoms with Crippen LogP contribution in [0.25, 0.3) is 0 Å². The molecule has 0 saturated carbocycles. The number of ether oxygens (including phenoxy) is 1. The maximum Gasteiger partial charge on any atom is 0.408 e. The predicted octanol–water partition coefficient (Wildman–Crippen LogP) is 0.845. The maximum absolute atomic E-state index is 10.7. The Bertz CT molecular complexity index is 255. The minimum atomic E-state index is -0.929. The lowest BCUT2D eigenvalue weighted by atomic mass is 10.2. The first kappa shape index (κ1) is 9.67. The number of fused-ring (bicyclic) bond motifs is 1. The summed E-state index contributed by atoms with van der Waals surface area (Å²) in [6.07, 6.45) is 3.58. The van der Waals surface area contributed by atoms with Gasteiger partial charge in [0.05, 0.1) is 12.3 Å². The van der Waals surface area contributed by atoms with Gasteiger partial charge in [-0.3, -0.25) is 10.2 Å². The van der Waals surface area contributed by atoms with Gasteiger partial charge in [0.15, 0.2) is 5.44 Å². The van der Waals surface area contributed by atoms with E-state index in [1.165, 1.54) is 16.7 Å². The molecule has 2 aliphatic heterocycles. The number of nitrogens with zero attached hydrogens (tertiary/aromatic N) is 1. The van der Waals surface area contributed by atoms with Crippen molar-refractivity contribution >= 4 is 17.9 Å². The summed E-state index contributed by atoms with van der Waals surface area (Å²) < 4.78 is 5.36. The number of carbonyl (C=O) groups is 1. The van der Waals surface area contributed by atoms with E-state index in [0.29, 0.717) is 0 Å². The van der Waals surface area contributed by atoms with E-state index in [9.17, 15) is 4.79 Å². The van der Waals surface area contributed by atoms with Crippen molar-refractivity contribution in [3.63, 3.8) is 0 Å². The molecule has 0 aliphatic carbocycles. The summed E-state index contributed by atoms with van der Waals surface area (Å²) >= 11 is 1.49. The fourth-order valence-corrected chi connectivity index (χ4v) is 2.76. The Labute approximate surface area is 86.1 Å². The minimum absolute atomic E-state index is 0.0341. The van der Waals surface area contributed by atoms with Crippen LogP contribution in [0.3, 0.4) is 0 Å². The molecule has 0 bridgehead atoms. The maximum atomic E-state index is 10.7. The highest BCUT2D eigenvalue weighted by Gasteiger charge is 2.39. The number of hydrogen-bond donors (Lipinski definition) is 2.